The molecule has 11 nitrogen and oxygen atoms in total. The van der Waals surface area contributed by atoms with Crippen LogP contribution in [0.3, 0.4) is 0 Å². The van der Waals surface area contributed by atoms with Crippen LogP contribution in [-0.2, 0) is 33.8 Å². The van der Waals surface area contributed by atoms with E-state index in [1.54, 1.807) is 25.8 Å². The van der Waals surface area contributed by atoms with Crippen molar-refractivity contribution in [3.05, 3.63) is 102 Å². The number of rotatable bonds is 15. The SMILES string of the molecule is CC(C)(C)OC(=O)NN(Cc1ccc(OCCN2CCOCC2)cc1)CC(O)C(Cc1ccccc1)NC(=O)OCc1ccccc1. The standard InChI is InChI=1S/C36H48N4O7/c1-36(2,3)47-35(43)38-40(25-29-14-16-31(17-15-29)45-23-20-39-18-21-44-22-19-39)26-33(41)32(24-28-10-6-4-7-11-28)37-34(42)46-27-30-12-8-5-9-13-30/h4-17,32-33,41H,18-27H2,1-3H3,(H,37,42)(H,38,43). The van der Waals surface area contributed by atoms with Crippen molar-refractivity contribution in [3.63, 3.8) is 0 Å². The molecule has 0 saturated carbocycles. The molecule has 1 heterocycles. The first-order chi connectivity index (χ1) is 22.6. The summed E-state index contributed by atoms with van der Waals surface area (Å²) in [5.74, 6) is 0.745. The summed E-state index contributed by atoms with van der Waals surface area (Å²) in [6.45, 7) is 10.4. The molecule has 47 heavy (non-hydrogen) atoms. The number of amides is 2. The van der Waals surface area contributed by atoms with E-state index in [4.69, 9.17) is 18.9 Å². The molecular formula is C36H48N4O7. The summed E-state index contributed by atoms with van der Waals surface area (Å²) in [6.07, 6.45) is -2.04. The highest BCUT2D eigenvalue weighted by Gasteiger charge is 2.27. The van der Waals surface area contributed by atoms with E-state index in [9.17, 15) is 14.7 Å². The Hall–Kier alpha value is -4.16. The minimum absolute atomic E-state index is 0.00644. The van der Waals surface area contributed by atoms with Crippen LogP contribution in [0.25, 0.3) is 0 Å². The molecule has 254 valence electrons. The molecule has 3 aromatic carbocycles. The van der Waals surface area contributed by atoms with Crippen molar-refractivity contribution in [2.45, 2.75) is 58.1 Å². The predicted octanol–water partition coefficient (Wildman–Crippen LogP) is 4.54. The molecule has 0 bridgehead atoms. The number of carbonyl (C=O) groups is 2. The van der Waals surface area contributed by atoms with Crippen LogP contribution in [0.5, 0.6) is 5.75 Å². The number of benzene rings is 3. The molecular weight excluding hydrogens is 600 g/mol. The minimum Gasteiger partial charge on any atom is -0.492 e. The highest BCUT2D eigenvalue weighted by Crippen LogP contribution is 2.16. The highest BCUT2D eigenvalue weighted by molar-refractivity contribution is 5.68. The van der Waals surface area contributed by atoms with E-state index in [0.717, 1.165) is 55.3 Å². The summed E-state index contributed by atoms with van der Waals surface area (Å²) in [5.41, 5.74) is 4.72. The fraction of sp³-hybridized carbons (Fsp3) is 0.444. The maximum Gasteiger partial charge on any atom is 0.422 e. The Morgan fingerprint density at radius 1 is 0.894 bits per heavy atom. The molecule has 4 rings (SSSR count). The summed E-state index contributed by atoms with van der Waals surface area (Å²) in [4.78, 5) is 28.0. The fourth-order valence-electron chi connectivity index (χ4n) is 5.03. The van der Waals surface area contributed by atoms with Gasteiger partial charge in [0.25, 0.3) is 0 Å². The Bertz CT molecular complexity index is 1350. The lowest BCUT2D eigenvalue weighted by molar-refractivity contribution is 0.0141. The van der Waals surface area contributed by atoms with E-state index in [1.807, 2.05) is 84.9 Å². The van der Waals surface area contributed by atoms with Gasteiger partial charge in [0.05, 0.1) is 25.4 Å². The van der Waals surface area contributed by atoms with Gasteiger partial charge < -0.3 is 29.4 Å². The normalized spacial score (nSPS) is 15.0. The number of carbonyl (C=O) groups excluding carboxylic acids is 2. The number of aliphatic hydroxyl groups is 1. The summed E-state index contributed by atoms with van der Waals surface area (Å²) in [5, 5.41) is 15.9. The zero-order valence-corrected chi connectivity index (χ0v) is 27.6. The van der Waals surface area contributed by atoms with Crippen LogP contribution in [0.1, 0.15) is 37.5 Å². The second-order valence-electron chi connectivity index (χ2n) is 12.5. The van der Waals surface area contributed by atoms with Crippen molar-refractivity contribution in [1.82, 2.24) is 20.7 Å². The number of aliphatic hydroxyl groups excluding tert-OH is 1. The molecule has 11 heteroatoms. The third-order valence-electron chi connectivity index (χ3n) is 7.41. The van der Waals surface area contributed by atoms with Gasteiger partial charge in [0.1, 0.15) is 24.6 Å². The number of nitrogens with zero attached hydrogens (tertiary/aromatic N) is 2. The molecule has 3 aromatic rings. The van der Waals surface area contributed by atoms with Crippen LogP contribution in [0.15, 0.2) is 84.9 Å². The van der Waals surface area contributed by atoms with Crippen molar-refractivity contribution in [1.29, 1.82) is 0 Å². The van der Waals surface area contributed by atoms with Gasteiger partial charge in [0.2, 0.25) is 0 Å². The summed E-state index contributed by atoms with van der Waals surface area (Å²) in [7, 11) is 0. The molecule has 0 radical (unpaired) electrons. The lowest BCUT2D eigenvalue weighted by Crippen LogP contribution is -2.53. The van der Waals surface area contributed by atoms with Crippen LogP contribution in [0.4, 0.5) is 9.59 Å². The number of morpholine rings is 1. The van der Waals surface area contributed by atoms with Crippen molar-refractivity contribution in [2.75, 3.05) is 46.0 Å². The predicted molar refractivity (Wildman–Crippen MR) is 179 cm³/mol. The fourth-order valence-corrected chi connectivity index (χ4v) is 5.03. The molecule has 1 aliphatic rings. The Labute approximate surface area is 277 Å². The molecule has 0 aromatic heterocycles. The average Bonchev–Trinajstić information content (AvgIpc) is 3.05. The maximum atomic E-state index is 12.9. The number of nitrogens with one attached hydrogen (secondary N) is 2. The van der Waals surface area contributed by atoms with Gasteiger partial charge in [-0.25, -0.2) is 14.6 Å². The monoisotopic (exact) mass is 648 g/mol. The van der Waals surface area contributed by atoms with Gasteiger partial charge in [-0.3, -0.25) is 10.3 Å². The summed E-state index contributed by atoms with van der Waals surface area (Å²) in [6, 6.07) is 25.8. The average molecular weight is 649 g/mol. The van der Waals surface area contributed by atoms with E-state index in [0.29, 0.717) is 13.0 Å². The Morgan fingerprint density at radius 2 is 1.53 bits per heavy atom. The third kappa shape index (κ3) is 13.6. The first-order valence-electron chi connectivity index (χ1n) is 16.1. The van der Waals surface area contributed by atoms with Gasteiger partial charge in [0.15, 0.2) is 0 Å². The Morgan fingerprint density at radius 3 is 2.17 bits per heavy atom. The molecule has 1 aliphatic heterocycles. The second-order valence-corrected chi connectivity index (χ2v) is 12.5. The topological polar surface area (TPSA) is 122 Å². The second kappa shape index (κ2) is 18.2. The van der Waals surface area contributed by atoms with Gasteiger partial charge in [-0.05, 0) is 56.0 Å². The van der Waals surface area contributed by atoms with Crippen LogP contribution >= 0.6 is 0 Å². The van der Waals surface area contributed by atoms with Crippen molar-refractivity contribution in [3.8, 4) is 5.75 Å². The minimum atomic E-state index is -1.09. The van der Waals surface area contributed by atoms with Gasteiger partial charge in [-0.2, -0.15) is 0 Å². The van der Waals surface area contributed by atoms with Crippen LogP contribution < -0.4 is 15.5 Å². The van der Waals surface area contributed by atoms with Gasteiger partial charge in [-0.1, -0.05) is 72.8 Å². The molecule has 2 unspecified atom stereocenters. The summed E-state index contributed by atoms with van der Waals surface area (Å²) < 4.78 is 22.3. The zero-order valence-electron chi connectivity index (χ0n) is 27.6. The van der Waals surface area contributed by atoms with E-state index < -0.39 is 29.9 Å². The van der Waals surface area contributed by atoms with Gasteiger partial charge >= 0.3 is 12.2 Å². The van der Waals surface area contributed by atoms with E-state index in [1.165, 1.54) is 0 Å². The number of hydrogen-bond acceptors (Lipinski definition) is 9. The molecule has 0 spiro atoms. The highest BCUT2D eigenvalue weighted by atomic mass is 16.6. The lowest BCUT2D eigenvalue weighted by Gasteiger charge is -2.31. The summed E-state index contributed by atoms with van der Waals surface area (Å²) >= 11 is 0. The third-order valence-corrected chi connectivity index (χ3v) is 7.41. The largest absolute Gasteiger partial charge is 0.492 e. The van der Waals surface area contributed by atoms with Crippen LogP contribution in [0, 0.1) is 0 Å². The molecule has 2 atom stereocenters. The van der Waals surface area contributed by atoms with E-state index in [-0.39, 0.29) is 19.7 Å². The van der Waals surface area contributed by atoms with Crippen molar-refractivity contribution < 1.29 is 33.6 Å². The smallest absolute Gasteiger partial charge is 0.422 e. The van der Waals surface area contributed by atoms with E-state index in [2.05, 4.69) is 15.6 Å². The Balaban J connectivity index is 1.41. The van der Waals surface area contributed by atoms with Crippen LogP contribution in [0.2, 0.25) is 0 Å². The molecule has 3 N–H and O–H groups in total. The quantitative estimate of drug-likeness (QED) is 0.204. The number of ether oxygens (including phenoxy) is 4. The first kappa shape index (κ1) is 35.7. The van der Waals surface area contributed by atoms with Crippen LogP contribution in [-0.4, -0.2) is 90.9 Å². The molecule has 1 saturated heterocycles. The van der Waals surface area contributed by atoms with Gasteiger partial charge in [-0.15, -0.1) is 0 Å². The first-order valence-corrected chi connectivity index (χ1v) is 16.1. The van der Waals surface area contributed by atoms with Gasteiger partial charge in [0, 0.05) is 32.7 Å². The lowest BCUT2D eigenvalue weighted by atomic mass is 10.0. The van der Waals surface area contributed by atoms with Crippen molar-refractivity contribution >= 4 is 12.2 Å². The number of hydrazine groups is 1. The Kier molecular flexibility index (Phi) is 13.9. The molecule has 2 amide bonds. The number of alkyl carbamates (subject to hydrolysis) is 1. The maximum absolute atomic E-state index is 12.9. The zero-order chi connectivity index (χ0) is 33.5. The number of hydrogen-bond donors (Lipinski definition) is 3. The van der Waals surface area contributed by atoms with Crippen molar-refractivity contribution in [2.24, 2.45) is 0 Å². The molecule has 0 aliphatic carbocycles. The van der Waals surface area contributed by atoms with E-state index >= 15 is 0 Å². The molecule has 1 fully saturated rings.